The summed E-state index contributed by atoms with van der Waals surface area (Å²) < 4.78 is 18.1. The van der Waals surface area contributed by atoms with Crippen molar-refractivity contribution in [1.82, 2.24) is 20.3 Å². The Hall–Kier alpha value is -3.55. The van der Waals surface area contributed by atoms with Crippen molar-refractivity contribution in [2.45, 2.75) is 26.5 Å². The molecule has 1 atom stereocenters. The minimum atomic E-state index is -1.02. The number of rotatable bonds is 6. The topological polar surface area (TPSA) is 86.1 Å². The van der Waals surface area contributed by atoms with E-state index in [1.807, 2.05) is 18.2 Å². The van der Waals surface area contributed by atoms with Crippen LogP contribution in [0.4, 0.5) is 4.39 Å². The highest BCUT2D eigenvalue weighted by atomic mass is 19.1. The van der Waals surface area contributed by atoms with Gasteiger partial charge in [0.25, 0.3) is 5.91 Å². The molecule has 144 valence electrons. The van der Waals surface area contributed by atoms with Gasteiger partial charge in [-0.05, 0) is 43.7 Å². The zero-order valence-corrected chi connectivity index (χ0v) is 15.4. The molecule has 0 aliphatic carbocycles. The van der Waals surface area contributed by atoms with Gasteiger partial charge >= 0.3 is 5.97 Å². The molecule has 1 N–H and O–H groups in total. The van der Waals surface area contributed by atoms with Crippen LogP contribution in [0.3, 0.4) is 0 Å². The SMILES string of the molecule is Cc1nn(-c2ccccc2)nc1C(=O)O[C@H](C)C(=O)NCc1ccc(F)cc1. The molecule has 0 spiro atoms. The van der Waals surface area contributed by atoms with E-state index in [1.165, 1.54) is 23.9 Å². The van der Waals surface area contributed by atoms with E-state index in [0.29, 0.717) is 11.4 Å². The van der Waals surface area contributed by atoms with E-state index in [1.54, 1.807) is 31.2 Å². The number of carbonyl (C=O) groups is 2. The average Bonchev–Trinajstić information content (AvgIpc) is 3.09. The van der Waals surface area contributed by atoms with Crippen molar-refractivity contribution in [3.05, 3.63) is 77.4 Å². The van der Waals surface area contributed by atoms with Crippen molar-refractivity contribution in [3.63, 3.8) is 0 Å². The number of nitrogens with one attached hydrogen (secondary N) is 1. The predicted octanol–water partition coefficient (Wildman–Crippen LogP) is 2.58. The molecule has 0 radical (unpaired) electrons. The molecular weight excluding hydrogens is 363 g/mol. The van der Waals surface area contributed by atoms with Crippen molar-refractivity contribution < 1.29 is 18.7 Å². The molecule has 7 nitrogen and oxygen atoms in total. The van der Waals surface area contributed by atoms with Gasteiger partial charge in [-0.25, -0.2) is 9.18 Å². The van der Waals surface area contributed by atoms with Crippen molar-refractivity contribution in [3.8, 4) is 5.69 Å². The highest BCUT2D eigenvalue weighted by molar-refractivity contribution is 5.91. The van der Waals surface area contributed by atoms with Crippen molar-refractivity contribution in [1.29, 1.82) is 0 Å². The number of amides is 1. The van der Waals surface area contributed by atoms with E-state index < -0.39 is 18.0 Å². The first kappa shape index (κ1) is 19.2. The van der Waals surface area contributed by atoms with Crippen LogP contribution in [-0.4, -0.2) is 33.0 Å². The van der Waals surface area contributed by atoms with E-state index in [9.17, 15) is 14.0 Å². The fraction of sp³-hybridized carbons (Fsp3) is 0.200. The van der Waals surface area contributed by atoms with E-state index in [0.717, 1.165) is 5.56 Å². The monoisotopic (exact) mass is 382 g/mol. The average molecular weight is 382 g/mol. The maximum Gasteiger partial charge on any atom is 0.361 e. The molecule has 0 saturated carbocycles. The summed E-state index contributed by atoms with van der Waals surface area (Å²) in [5, 5.41) is 11.0. The molecule has 0 unspecified atom stereocenters. The third-order valence-electron chi connectivity index (χ3n) is 4.00. The molecule has 2 aromatic carbocycles. The third-order valence-corrected chi connectivity index (χ3v) is 4.00. The summed E-state index contributed by atoms with van der Waals surface area (Å²) in [5.74, 6) is -1.55. The summed E-state index contributed by atoms with van der Waals surface area (Å²) in [6.45, 7) is 3.31. The summed E-state index contributed by atoms with van der Waals surface area (Å²) in [4.78, 5) is 25.9. The molecule has 0 aliphatic heterocycles. The lowest BCUT2D eigenvalue weighted by Crippen LogP contribution is -2.35. The Morgan fingerprint density at radius 1 is 1.11 bits per heavy atom. The summed E-state index contributed by atoms with van der Waals surface area (Å²) in [6.07, 6.45) is -1.02. The van der Waals surface area contributed by atoms with E-state index >= 15 is 0 Å². The van der Waals surface area contributed by atoms with Crippen LogP contribution < -0.4 is 5.32 Å². The minimum Gasteiger partial charge on any atom is -0.448 e. The molecule has 0 saturated heterocycles. The van der Waals surface area contributed by atoms with Gasteiger partial charge in [0.15, 0.2) is 11.8 Å². The van der Waals surface area contributed by atoms with Gasteiger partial charge in [-0.1, -0.05) is 30.3 Å². The molecule has 0 aliphatic rings. The Balaban J connectivity index is 1.60. The fourth-order valence-corrected chi connectivity index (χ4v) is 2.45. The van der Waals surface area contributed by atoms with Gasteiger partial charge in [0.2, 0.25) is 0 Å². The largest absolute Gasteiger partial charge is 0.448 e. The Morgan fingerprint density at radius 3 is 2.46 bits per heavy atom. The maximum absolute atomic E-state index is 12.9. The van der Waals surface area contributed by atoms with Gasteiger partial charge in [-0.3, -0.25) is 4.79 Å². The summed E-state index contributed by atoms with van der Waals surface area (Å²) in [6, 6.07) is 14.9. The number of hydrogen-bond acceptors (Lipinski definition) is 5. The van der Waals surface area contributed by atoms with Crippen molar-refractivity contribution >= 4 is 11.9 Å². The van der Waals surface area contributed by atoms with Gasteiger partial charge in [0.1, 0.15) is 5.82 Å². The molecule has 28 heavy (non-hydrogen) atoms. The zero-order chi connectivity index (χ0) is 20.1. The summed E-state index contributed by atoms with van der Waals surface area (Å²) >= 11 is 0. The van der Waals surface area contributed by atoms with Gasteiger partial charge in [-0.2, -0.15) is 9.90 Å². The Labute approximate surface area is 161 Å². The predicted molar refractivity (Wildman–Crippen MR) is 99.2 cm³/mol. The van der Waals surface area contributed by atoms with E-state index in [-0.39, 0.29) is 18.1 Å². The summed E-state index contributed by atoms with van der Waals surface area (Å²) in [5.41, 5.74) is 1.87. The lowest BCUT2D eigenvalue weighted by molar-refractivity contribution is -0.129. The van der Waals surface area contributed by atoms with Gasteiger partial charge in [0.05, 0.1) is 11.4 Å². The Morgan fingerprint density at radius 2 is 1.79 bits per heavy atom. The molecule has 1 amide bonds. The lowest BCUT2D eigenvalue weighted by Gasteiger charge is -2.13. The second-order valence-corrected chi connectivity index (χ2v) is 6.15. The molecule has 1 heterocycles. The highest BCUT2D eigenvalue weighted by Crippen LogP contribution is 2.10. The molecule has 0 fully saturated rings. The standard InChI is InChI=1S/C20H19FN4O3/c1-13-18(24-25(23-13)17-6-4-3-5-7-17)20(27)28-14(2)19(26)22-12-15-8-10-16(21)11-9-15/h3-11,14H,12H2,1-2H3,(H,22,26)/t14-/m1/s1. The van der Waals surface area contributed by atoms with Gasteiger partial charge in [0, 0.05) is 6.54 Å². The van der Waals surface area contributed by atoms with Crippen LogP contribution in [0, 0.1) is 12.7 Å². The number of esters is 1. The smallest absolute Gasteiger partial charge is 0.361 e. The first-order valence-corrected chi connectivity index (χ1v) is 8.66. The molecule has 1 aromatic heterocycles. The quantitative estimate of drug-likeness (QED) is 0.662. The van der Waals surface area contributed by atoms with Crippen LogP contribution in [0.5, 0.6) is 0 Å². The van der Waals surface area contributed by atoms with Crippen molar-refractivity contribution in [2.75, 3.05) is 0 Å². The van der Waals surface area contributed by atoms with Crippen LogP contribution in [0.15, 0.2) is 54.6 Å². The third kappa shape index (κ3) is 4.59. The maximum atomic E-state index is 12.9. The molecular formula is C20H19FN4O3. The number of ether oxygens (including phenoxy) is 1. The zero-order valence-electron chi connectivity index (χ0n) is 15.4. The first-order valence-electron chi connectivity index (χ1n) is 8.66. The Kier molecular flexibility index (Phi) is 5.78. The van der Waals surface area contributed by atoms with Crippen LogP contribution in [0.1, 0.15) is 28.7 Å². The molecule has 0 bridgehead atoms. The lowest BCUT2D eigenvalue weighted by atomic mass is 10.2. The van der Waals surface area contributed by atoms with Crippen LogP contribution >= 0.6 is 0 Å². The second kappa shape index (κ2) is 8.43. The fourth-order valence-electron chi connectivity index (χ4n) is 2.45. The van der Waals surface area contributed by atoms with Crippen LogP contribution in [0.2, 0.25) is 0 Å². The van der Waals surface area contributed by atoms with Gasteiger partial charge in [-0.15, -0.1) is 5.10 Å². The van der Waals surface area contributed by atoms with Crippen LogP contribution in [0.25, 0.3) is 5.69 Å². The van der Waals surface area contributed by atoms with Crippen LogP contribution in [-0.2, 0) is 16.1 Å². The normalized spacial score (nSPS) is 11.7. The first-order chi connectivity index (χ1) is 13.4. The number of carbonyl (C=O) groups excluding carboxylic acids is 2. The summed E-state index contributed by atoms with van der Waals surface area (Å²) in [7, 11) is 0. The molecule has 3 rings (SSSR count). The number of nitrogens with zero attached hydrogens (tertiary/aromatic N) is 3. The number of hydrogen-bond donors (Lipinski definition) is 1. The minimum absolute atomic E-state index is 0.0436. The number of benzene rings is 2. The number of para-hydroxylation sites is 1. The Bertz CT molecular complexity index is 971. The highest BCUT2D eigenvalue weighted by Gasteiger charge is 2.23. The molecule has 3 aromatic rings. The number of halogens is 1. The van der Waals surface area contributed by atoms with E-state index in [2.05, 4.69) is 15.5 Å². The van der Waals surface area contributed by atoms with Crippen molar-refractivity contribution in [2.24, 2.45) is 0 Å². The van der Waals surface area contributed by atoms with Gasteiger partial charge < -0.3 is 10.1 Å². The van der Waals surface area contributed by atoms with E-state index in [4.69, 9.17) is 4.74 Å². The molecule has 8 heteroatoms. The number of aryl methyl sites for hydroxylation is 1. The number of aromatic nitrogens is 3. The second-order valence-electron chi connectivity index (χ2n) is 6.15.